The van der Waals surface area contributed by atoms with Crippen molar-refractivity contribution in [2.45, 2.75) is 38.9 Å². The minimum atomic E-state index is 0.736. The van der Waals surface area contributed by atoms with Gasteiger partial charge in [-0.05, 0) is 25.8 Å². The minimum absolute atomic E-state index is 0.736. The third-order valence-corrected chi connectivity index (χ3v) is 3.75. The first kappa shape index (κ1) is 10.9. The monoisotopic (exact) mass is 248 g/mol. The fourth-order valence-corrected chi connectivity index (χ4v) is 2.43. The Morgan fingerprint density at radius 1 is 1.53 bits per heavy atom. The summed E-state index contributed by atoms with van der Waals surface area (Å²) >= 11 is 1.69. The molecule has 2 heterocycles. The van der Waals surface area contributed by atoms with Gasteiger partial charge in [0.15, 0.2) is 0 Å². The minimum Gasteiger partial charge on any atom is -0.308 e. The third kappa shape index (κ3) is 2.73. The summed E-state index contributed by atoms with van der Waals surface area (Å²) in [5, 5.41) is 11.1. The van der Waals surface area contributed by atoms with Crippen molar-refractivity contribution >= 4 is 11.3 Å². The average molecular weight is 248 g/mol. The van der Waals surface area contributed by atoms with Crippen molar-refractivity contribution in [2.24, 2.45) is 0 Å². The van der Waals surface area contributed by atoms with Gasteiger partial charge in [-0.25, -0.2) is 4.98 Å². The molecule has 0 spiro atoms. The van der Waals surface area contributed by atoms with Crippen LogP contribution in [0.2, 0.25) is 0 Å². The van der Waals surface area contributed by atoms with Crippen LogP contribution >= 0.6 is 11.3 Å². The number of nitrogens with zero attached hydrogens (tertiary/aromatic N) is 3. The fraction of sp³-hybridized carbons (Fsp3) is 0.500. The predicted octanol–water partition coefficient (Wildman–Crippen LogP) is 1.95. The molecule has 0 unspecified atom stereocenters. The molecule has 2 aromatic rings. The number of nitrogens with one attached hydrogen (secondary N) is 1. The van der Waals surface area contributed by atoms with Gasteiger partial charge < -0.3 is 5.32 Å². The molecule has 0 amide bonds. The summed E-state index contributed by atoms with van der Waals surface area (Å²) in [6.45, 7) is 3.72. The Labute approximate surface area is 105 Å². The zero-order valence-corrected chi connectivity index (χ0v) is 10.7. The van der Waals surface area contributed by atoms with Crippen molar-refractivity contribution in [3.8, 4) is 0 Å². The fourth-order valence-electron chi connectivity index (χ4n) is 1.82. The van der Waals surface area contributed by atoms with E-state index in [1.54, 1.807) is 11.3 Å². The number of hydrogen-bond acceptors (Lipinski definition) is 4. The van der Waals surface area contributed by atoms with Crippen LogP contribution in [0.3, 0.4) is 0 Å². The van der Waals surface area contributed by atoms with Crippen molar-refractivity contribution in [1.29, 1.82) is 0 Å². The maximum absolute atomic E-state index is 4.47. The van der Waals surface area contributed by atoms with Gasteiger partial charge in [0.25, 0.3) is 0 Å². The lowest BCUT2D eigenvalue weighted by molar-refractivity contribution is 0.588. The highest BCUT2D eigenvalue weighted by molar-refractivity contribution is 7.09. The van der Waals surface area contributed by atoms with Gasteiger partial charge in [0.2, 0.25) is 0 Å². The maximum atomic E-state index is 4.47. The van der Waals surface area contributed by atoms with Gasteiger partial charge >= 0.3 is 0 Å². The van der Waals surface area contributed by atoms with E-state index in [0.717, 1.165) is 29.8 Å². The molecule has 1 aliphatic carbocycles. The molecule has 2 aromatic heterocycles. The summed E-state index contributed by atoms with van der Waals surface area (Å²) in [7, 11) is 0. The first-order valence-corrected chi connectivity index (χ1v) is 6.84. The topological polar surface area (TPSA) is 42.7 Å². The van der Waals surface area contributed by atoms with Crippen LogP contribution in [0, 0.1) is 6.92 Å². The lowest BCUT2D eigenvalue weighted by Gasteiger charge is -2.06. The summed E-state index contributed by atoms with van der Waals surface area (Å²) in [5.74, 6) is 0. The second kappa shape index (κ2) is 4.58. The summed E-state index contributed by atoms with van der Waals surface area (Å²) < 4.78 is 2.03. The highest BCUT2D eigenvalue weighted by atomic mass is 32.1. The number of hydrogen-bond donors (Lipinski definition) is 1. The van der Waals surface area contributed by atoms with Crippen LogP contribution in [0.1, 0.15) is 29.2 Å². The molecule has 1 fully saturated rings. The van der Waals surface area contributed by atoms with Crippen LogP contribution in [0.5, 0.6) is 0 Å². The van der Waals surface area contributed by atoms with Gasteiger partial charge in [-0.1, -0.05) is 0 Å². The molecule has 0 saturated heterocycles. The highest BCUT2D eigenvalue weighted by Crippen LogP contribution is 2.19. The molecule has 1 saturated carbocycles. The first-order chi connectivity index (χ1) is 8.31. The standard InChI is InChI=1S/C12H16N4S/c1-9-15-11(8-17-9)7-16-12(4-5-14-16)6-13-10-2-3-10/h4-5,8,10,13H,2-3,6-7H2,1H3. The van der Waals surface area contributed by atoms with E-state index in [4.69, 9.17) is 0 Å². The van der Waals surface area contributed by atoms with E-state index in [1.807, 2.05) is 17.8 Å². The van der Waals surface area contributed by atoms with Crippen molar-refractivity contribution in [3.63, 3.8) is 0 Å². The lowest BCUT2D eigenvalue weighted by atomic mass is 10.4. The largest absolute Gasteiger partial charge is 0.308 e. The quantitative estimate of drug-likeness (QED) is 0.879. The Balaban J connectivity index is 1.67. The van der Waals surface area contributed by atoms with Crippen LogP contribution in [-0.4, -0.2) is 20.8 Å². The lowest BCUT2D eigenvalue weighted by Crippen LogP contribution is -2.19. The van der Waals surface area contributed by atoms with Gasteiger partial charge in [0.05, 0.1) is 22.9 Å². The van der Waals surface area contributed by atoms with Gasteiger partial charge in [-0.15, -0.1) is 11.3 Å². The third-order valence-electron chi connectivity index (χ3n) is 2.93. The molecule has 90 valence electrons. The first-order valence-electron chi connectivity index (χ1n) is 5.96. The van der Waals surface area contributed by atoms with Crippen LogP contribution < -0.4 is 5.32 Å². The summed E-state index contributed by atoms with van der Waals surface area (Å²) in [6.07, 6.45) is 4.50. The molecule has 0 bridgehead atoms. The average Bonchev–Trinajstić information content (AvgIpc) is 2.90. The van der Waals surface area contributed by atoms with Gasteiger partial charge in [0, 0.05) is 24.2 Å². The highest BCUT2D eigenvalue weighted by Gasteiger charge is 2.20. The number of aryl methyl sites for hydroxylation is 1. The van der Waals surface area contributed by atoms with Crippen LogP contribution in [0.25, 0.3) is 0 Å². The second-order valence-corrected chi connectivity index (χ2v) is 5.56. The molecule has 0 radical (unpaired) electrons. The number of aromatic nitrogens is 3. The molecule has 4 nitrogen and oxygen atoms in total. The Hall–Kier alpha value is -1.20. The van der Waals surface area contributed by atoms with Gasteiger partial charge in [0.1, 0.15) is 0 Å². The van der Waals surface area contributed by atoms with Crippen molar-refractivity contribution in [1.82, 2.24) is 20.1 Å². The Morgan fingerprint density at radius 2 is 2.41 bits per heavy atom. The molecular formula is C12H16N4S. The summed E-state index contributed by atoms with van der Waals surface area (Å²) in [5.41, 5.74) is 2.34. The van der Waals surface area contributed by atoms with E-state index in [9.17, 15) is 0 Å². The van der Waals surface area contributed by atoms with E-state index in [0.29, 0.717) is 0 Å². The molecule has 5 heteroatoms. The van der Waals surface area contributed by atoms with Crippen LogP contribution in [0.15, 0.2) is 17.6 Å². The molecular weight excluding hydrogens is 232 g/mol. The molecule has 0 atom stereocenters. The van der Waals surface area contributed by atoms with E-state index in [2.05, 4.69) is 26.8 Å². The van der Waals surface area contributed by atoms with Gasteiger partial charge in [-0.2, -0.15) is 5.10 Å². The molecule has 0 aromatic carbocycles. The van der Waals surface area contributed by atoms with Crippen LogP contribution in [0.4, 0.5) is 0 Å². The van der Waals surface area contributed by atoms with Crippen molar-refractivity contribution < 1.29 is 0 Å². The predicted molar refractivity (Wildman–Crippen MR) is 68.0 cm³/mol. The van der Waals surface area contributed by atoms with Crippen LogP contribution in [-0.2, 0) is 13.1 Å². The molecule has 1 N–H and O–H groups in total. The SMILES string of the molecule is Cc1nc(Cn2nccc2CNC2CC2)cs1. The molecule has 0 aliphatic heterocycles. The Bertz CT molecular complexity index is 498. The van der Waals surface area contributed by atoms with Gasteiger partial charge in [-0.3, -0.25) is 4.68 Å². The van der Waals surface area contributed by atoms with E-state index >= 15 is 0 Å². The number of rotatable bonds is 5. The molecule has 17 heavy (non-hydrogen) atoms. The Kier molecular flexibility index (Phi) is 2.94. The summed E-state index contributed by atoms with van der Waals surface area (Å²) in [6, 6.07) is 2.81. The van der Waals surface area contributed by atoms with E-state index in [1.165, 1.54) is 18.5 Å². The summed E-state index contributed by atoms with van der Waals surface area (Å²) in [4.78, 5) is 4.47. The van der Waals surface area contributed by atoms with E-state index in [-0.39, 0.29) is 0 Å². The Morgan fingerprint density at radius 3 is 3.12 bits per heavy atom. The normalized spacial score (nSPS) is 15.4. The van der Waals surface area contributed by atoms with E-state index < -0.39 is 0 Å². The number of thiazole rings is 1. The zero-order chi connectivity index (χ0) is 11.7. The molecule has 3 rings (SSSR count). The van der Waals surface area contributed by atoms with Crippen molar-refractivity contribution in [3.05, 3.63) is 34.0 Å². The maximum Gasteiger partial charge on any atom is 0.0898 e. The smallest absolute Gasteiger partial charge is 0.0898 e. The van der Waals surface area contributed by atoms with Crippen molar-refractivity contribution in [2.75, 3.05) is 0 Å². The zero-order valence-electron chi connectivity index (χ0n) is 9.89. The molecule has 1 aliphatic rings. The second-order valence-electron chi connectivity index (χ2n) is 4.49.